The number of pyridine rings is 1. The Labute approximate surface area is 246 Å². The Kier molecular flexibility index (Phi) is 9.86. The number of aliphatic hydroxyl groups is 1. The molecule has 0 aliphatic carbocycles. The number of aromatic nitrogens is 1. The van der Waals surface area contributed by atoms with Crippen LogP contribution in [0.4, 0.5) is 4.79 Å². The highest BCUT2D eigenvalue weighted by Crippen LogP contribution is 2.30. The van der Waals surface area contributed by atoms with Crippen LogP contribution >= 0.6 is 0 Å². The van der Waals surface area contributed by atoms with Crippen LogP contribution in [0.15, 0.2) is 84.9 Å². The molecule has 3 aromatic carbocycles. The number of para-hydroxylation sites is 1. The molecule has 2 heterocycles. The highest BCUT2D eigenvalue weighted by Gasteiger charge is 2.29. The predicted molar refractivity (Wildman–Crippen MR) is 161 cm³/mol. The van der Waals surface area contributed by atoms with E-state index in [1.54, 1.807) is 20.1 Å². The molecule has 1 aliphatic rings. The number of fused-ring (bicyclic) bond motifs is 1. The van der Waals surface area contributed by atoms with E-state index in [9.17, 15) is 9.90 Å². The van der Waals surface area contributed by atoms with Gasteiger partial charge in [0.15, 0.2) is 17.7 Å². The minimum absolute atomic E-state index is 0.200. The normalized spacial score (nSPS) is 15.6. The molecular formula is C33H38N4O5. The zero-order chi connectivity index (χ0) is 29.3. The average Bonchev–Trinajstić information content (AvgIpc) is 3.02. The second-order valence-corrected chi connectivity index (χ2v) is 10.5. The van der Waals surface area contributed by atoms with Gasteiger partial charge in [0.1, 0.15) is 12.7 Å². The molecule has 0 spiro atoms. The number of hydrogen-bond donors (Lipinski definition) is 2. The number of alkyl carbamates (subject to hydrolysis) is 1. The zero-order valence-corrected chi connectivity index (χ0v) is 24.1. The van der Waals surface area contributed by atoms with Gasteiger partial charge in [0.25, 0.3) is 0 Å². The van der Waals surface area contributed by atoms with Gasteiger partial charge < -0.3 is 24.6 Å². The number of ether oxygens (including phenoxy) is 3. The second-order valence-electron chi connectivity index (χ2n) is 10.5. The van der Waals surface area contributed by atoms with Gasteiger partial charge in [-0.2, -0.15) is 0 Å². The summed E-state index contributed by atoms with van der Waals surface area (Å²) in [5.41, 5.74) is 3.79. The minimum Gasteiger partial charge on any atom is -0.493 e. The number of carbonyl (C=O) groups excluding carboxylic acids is 1. The monoisotopic (exact) mass is 570 g/mol. The summed E-state index contributed by atoms with van der Waals surface area (Å²) in [6.07, 6.45) is -1.80. The van der Waals surface area contributed by atoms with Crippen molar-refractivity contribution < 1.29 is 24.1 Å². The van der Waals surface area contributed by atoms with E-state index in [-0.39, 0.29) is 13.2 Å². The SMILES string of the molecule is COc1ccc(CNC(=O)OCc2ccccc2)cc1OC(C(C)O)N1CCN(Cc2ccc3ccccc3n2)CC1. The number of carbonyl (C=O) groups is 1. The number of aliphatic hydroxyl groups excluding tert-OH is 1. The minimum atomic E-state index is -0.738. The molecular weight excluding hydrogens is 532 g/mol. The van der Waals surface area contributed by atoms with Gasteiger partial charge in [-0.05, 0) is 42.3 Å². The van der Waals surface area contributed by atoms with Gasteiger partial charge >= 0.3 is 6.09 Å². The van der Waals surface area contributed by atoms with Crippen LogP contribution in [0.5, 0.6) is 11.5 Å². The number of amides is 1. The molecule has 9 nitrogen and oxygen atoms in total. The van der Waals surface area contributed by atoms with Crippen LogP contribution in [0.2, 0.25) is 0 Å². The molecule has 9 heteroatoms. The second kappa shape index (κ2) is 14.1. The molecule has 1 saturated heterocycles. The molecule has 1 aromatic heterocycles. The number of piperazine rings is 1. The summed E-state index contributed by atoms with van der Waals surface area (Å²) < 4.78 is 17.2. The average molecular weight is 571 g/mol. The Balaban J connectivity index is 1.16. The maximum atomic E-state index is 12.2. The topological polar surface area (TPSA) is 96.4 Å². The molecule has 0 radical (unpaired) electrons. The van der Waals surface area contributed by atoms with E-state index in [4.69, 9.17) is 19.2 Å². The van der Waals surface area contributed by atoms with Crippen LogP contribution in [0, 0.1) is 0 Å². The summed E-state index contributed by atoms with van der Waals surface area (Å²) in [6.45, 7) is 6.09. The number of nitrogens with one attached hydrogen (secondary N) is 1. The summed E-state index contributed by atoms with van der Waals surface area (Å²) >= 11 is 0. The van der Waals surface area contributed by atoms with E-state index >= 15 is 0 Å². The van der Waals surface area contributed by atoms with Gasteiger partial charge in [-0.15, -0.1) is 0 Å². The van der Waals surface area contributed by atoms with Crippen LogP contribution < -0.4 is 14.8 Å². The largest absolute Gasteiger partial charge is 0.493 e. The lowest BCUT2D eigenvalue weighted by Crippen LogP contribution is -2.55. The van der Waals surface area contributed by atoms with Crippen molar-refractivity contribution in [2.45, 2.75) is 39.0 Å². The van der Waals surface area contributed by atoms with E-state index in [1.807, 2.05) is 60.7 Å². The fourth-order valence-electron chi connectivity index (χ4n) is 5.08. The van der Waals surface area contributed by atoms with Crippen LogP contribution in [0.1, 0.15) is 23.7 Å². The molecule has 2 atom stereocenters. The summed E-state index contributed by atoms with van der Waals surface area (Å²) in [5.74, 6) is 1.06. The molecule has 0 bridgehead atoms. The Bertz CT molecular complexity index is 1460. The highest BCUT2D eigenvalue weighted by molar-refractivity contribution is 5.78. The smallest absolute Gasteiger partial charge is 0.407 e. The van der Waals surface area contributed by atoms with Gasteiger partial charge in [-0.25, -0.2) is 4.79 Å². The summed E-state index contributed by atoms with van der Waals surface area (Å²) in [6, 6.07) is 27.4. The van der Waals surface area contributed by atoms with Gasteiger partial charge in [-0.1, -0.05) is 60.7 Å². The summed E-state index contributed by atoms with van der Waals surface area (Å²) in [4.78, 5) is 21.6. The van der Waals surface area contributed by atoms with Crippen molar-refractivity contribution in [3.63, 3.8) is 0 Å². The number of rotatable bonds is 11. The predicted octanol–water partition coefficient (Wildman–Crippen LogP) is 4.57. The molecule has 220 valence electrons. The third-order valence-corrected chi connectivity index (χ3v) is 7.35. The fourth-order valence-corrected chi connectivity index (χ4v) is 5.08. The Morgan fingerprint density at radius 1 is 0.929 bits per heavy atom. The lowest BCUT2D eigenvalue weighted by molar-refractivity contribution is -0.0760. The zero-order valence-electron chi connectivity index (χ0n) is 24.1. The first-order valence-electron chi connectivity index (χ1n) is 14.3. The maximum absolute atomic E-state index is 12.2. The molecule has 1 amide bonds. The quantitative estimate of drug-likeness (QED) is 0.271. The lowest BCUT2D eigenvalue weighted by Gasteiger charge is -2.40. The standard InChI is InChI=1S/C33H38N4O5/c1-24(38)32(37-18-16-36(17-19-37)22-28-14-13-27-10-6-7-11-29(27)35-28)42-31-20-26(12-15-30(31)40-2)21-34-33(39)41-23-25-8-4-3-5-9-25/h3-15,20,24,32,38H,16-19,21-23H2,1-2H3,(H,34,39). The van der Waals surface area contributed by atoms with E-state index < -0.39 is 18.4 Å². The Hall–Kier alpha value is -4.18. The molecule has 2 N–H and O–H groups in total. The Morgan fingerprint density at radius 3 is 2.45 bits per heavy atom. The fraction of sp³-hybridized carbons (Fsp3) is 0.333. The van der Waals surface area contributed by atoms with E-state index in [0.29, 0.717) is 11.5 Å². The molecule has 1 fully saturated rings. The van der Waals surface area contributed by atoms with Gasteiger partial charge in [0.2, 0.25) is 0 Å². The van der Waals surface area contributed by atoms with Crippen LogP contribution in [-0.4, -0.2) is 71.6 Å². The third-order valence-electron chi connectivity index (χ3n) is 7.35. The van der Waals surface area contributed by atoms with Crippen molar-refractivity contribution >= 4 is 17.0 Å². The first-order valence-corrected chi connectivity index (χ1v) is 14.3. The first kappa shape index (κ1) is 29.3. The van der Waals surface area contributed by atoms with Crippen LogP contribution in [0.3, 0.4) is 0 Å². The van der Waals surface area contributed by atoms with Crippen molar-refractivity contribution in [2.24, 2.45) is 0 Å². The summed E-state index contributed by atoms with van der Waals surface area (Å²) in [5, 5.41) is 14.6. The van der Waals surface area contributed by atoms with Crippen molar-refractivity contribution in [2.75, 3.05) is 33.3 Å². The Morgan fingerprint density at radius 2 is 1.69 bits per heavy atom. The van der Waals surface area contributed by atoms with Crippen molar-refractivity contribution in [1.82, 2.24) is 20.1 Å². The van der Waals surface area contributed by atoms with E-state index in [1.165, 1.54) is 0 Å². The van der Waals surface area contributed by atoms with Gasteiger partial charge in [-0.3, -0.25) is 14.8 Å². The number of nitrogens with zero attached hydrogens (tertiary/aromatic N) is 3. The van der Waals surface area contributed by atoms with Crippen LogP contribution in [0.25, 0.3) is 10.9 Å². The highest BCUT2D eigenvalue weighted by atomic mass is 16.5. The van der Waals surface area contributed by atoms with E-state index in [0.717, 1.165) is 60.4 Å². The molecule has 0 saturated carbocycles. The molecule has 1 aliphatic heterocycles. The molecule has 2 unspecified atom stereocenters. The number of benzene rings is 3. The number of hydrogen-bond acceptors (Lipinski definition) is 8. The van der Waals surface area contributed by atoms with Crippen LogP contribution in [-0.2, 0) is 24.4 Å². The van der Waals surface area contributed by atoms with Crippen molar-refractivity contribution in [3.8, 4) is 11.5 Å². The van der Waals surface area contributed by atoms with E-state index in [2.05, 4.69) is 33.3 Å². The third kappa shape index (κ3) is 7.76. The maximum Gasteiger partial charge on any atom is 0.407 e. The van der Waals surface area contributed by atoms with Gasteiger partial charge in [0.05, 0.1) is 18.3 Å². The lowest BCUT2D eigenvalue weighted by atomic mass is 10.2. The molecule has 4 aromatic rings. The molecule has 42 heavy (non-hydrogen) atoms. The molecule has 5 rings (SSSR count). The van der Waals surface area contributed by atoms with Crippen molar-refractivity contribution in [1.29, 1.82) is 0 Å². The summed E-state index contributed by atoms with van der Waals surface area (Å²) in [7, 11) is 1.58. The first-order chi connectivity index (χ1) is 20.5. The van der Waals surface area contributed by atoms with Gasteiger partial charge in [0, 0.05) is 44.7 Å². The van der Waals surface area contributed by atoms with Crippen molar-refractivity contribution in [3.05, 3.63) is 102 Å². The number of methoxy groups -OCH3 is 1.